The molecule has 0 aliphatic heterocycles. The Morgan fingerprint density at radius 3 is 2.39 bits per heavy atom. The number of carbonyl (C=O) groups is 1. The van der Waals surface area contributed by atoms with E-state index in [4.69, 9.17) is 18.8 Å². The maximum atomic E-state index is 12.2. The summed E-state index contributed by atoms with van der Waals surface area (Å²) in [5, 5.41) is 10.3. The van der Waals surface area contributed by atoms with E-state index in [2.05, 4.69) is 15.6 Å². The van der Waals surface area contributed by atoms with Crippen molar-refractivity contribution in [3.05, 3.63) is 54.1 Å². The van der Waals surface area contributed by atoms with Crippen LogP contribution in [0.1, 0.15) is 5.56 Å². The molecule has 28 heavy (non-hydrogen) atoms. The molecule has 0 aliphatic rings. The first kappa shape index (κ1) is 19.0. The molecule has 1 heterocycles. The highest BCUT2D eigenvalue weighted by Gasteiger charge is 2.16. The second-order valence-electron chi connectivity index (χ2n) is 5.63. The molecule has 0 saturated carbocycles. The number of benzene rings is 2. The van der Waals surface area contributed by atoms with E-state index in [9.17, 15) is 4.79 Å². The third-order valence-electron chi connectivity index (χ3n) is 3.93. The number of hydrogen-bond acceptors (Lipinski definition) is 7. The molecule has 0 aliphatic carbocycles. The minimum Gasteiger partial charge on any atom is -0.497 e. The van der Waals surface area contributed by atoms with Crippen molar-refractivity contribution in [2.24, 2.45) is 0 Å². The van der Waals surface area contributed by atoms with Crippen LogP contribution in [0.5, 0.6) is 17.2 Å². The highest BCUT2D eigenvalue weighted by molar-refractivity contribution is 6.03. The highest BCUT2D eigenvalue weighted by atomic mass is 16.6. The molecule has 8 heteroatoms. The van der Waals surface area contributed by atoms with E-state index in [1.807, 2.05) is 24.3 Å². The average molecular weight is 381 g/mol. The van der Waals surface area contributed by atoms with Crippen molar-refractivity contribution < 1.29 is 23.6 Å². The monoisotopic (exact) mass is 381 g/mol. The number of ether oxygens (including phenoxy) is 3. The fraction of sp³-hybridized carbons (Fsp3) is 0.150. The first-order chi connectivity index (χ1) is 13.6. The van der Waals surface area contributed by atoms with Gasteiger partial charge in [-0.1, -0.05) is 12.1 Å². The van der Waals surface area contributed by atoms with Crippen LogP contribution >= 0.6 is 0 Å². The van der Waals surface area contributed by atoms with Crippen molar-refractivity contribution in [3.8, 4) is 28.5 Å². The molecular formula is C20H19N3O5. The van der Waals surface area contributed by atoms with Crippen LogP contribution in [-0.2, 0) is 4.79 Å². The van der Waals surface area contributed by atoms with Crippen molar-refractivity contribution in [3.63, 3.8) is 0 Å². The zero-order chi connectivity index (χ0) is 19.9. The van der Waals surface area contributed by atoms with Crippen LogP contribution in [0.25, 0.3) is 17.3 Å². The summed E-state index contributed by atoms with van der Waals surface area (Å²) in [6, 6.07) is 12.5. The quantitative estimate of drug-likeness (QED) is 0.627. The van der Waals surface area contributed by atoms with Gasteiger partial charge < -0.3 is 19.5 Å². The number of anilines is 1. The van der Waals surface area contributed by atoms with E-state index in [1.54, 1.807) is 38.5 Å². The van der Waals surface area contributed by atoms with Crippen LogP contribution < -0.4 is 19.5 Å². The number of rotatable bonds is 7. The van der Waals surface area contributed by atoms with Gasteiger partial charge in [-0.15, -0.1) is 0 Å². The normalized spacial score (nSPS) is 10.7. The van der Waals surface area contributed by atoms with Gasteiger partial charge in [0.25, 0.3) is 0 Å². The zero-order valence-corrected chi connectivity index (χ0v) is 15.6. The number of nitrogens with zero attached hydrogens (tertiary/aromatic N) is 2. The van der Waals surface area contributed by atoms with Crippen LogP contribution in [0.2, 0.25) is 0 Å². The molecule has 3 rings (SSSR count). The van der Waals surface area contributed by atoms with E-state index in [-0.39, 0.29) is 11.7 Å². The van der Waals surface area contributed by atoms with Gasteiger partial charge in [0.15, 0.2) is 17.2 Å². The SMILES string of the molecule is COc1ccc(C=CC(=O)Nc2nonc2-c2ccc(OC)c(OC)c2)cc1. The first-order valence-corrected chi connectivity index (χ1v) is 8.32. The van der Waals surface area contributed by atoms with Crippen LogP contribution in [0.15, 0.2) is 53.2 Å². The summed E-state index contributed by atoms with van der Waals surface area (Å²) in [6.07, 6.45) is 3.08. The van der Waals surface area contributed by atoms with Gasteiger partial charge in [0, 0.05) is 11.6 Å². The fourth-order valence-corrected chi connectivity index (χ4v) is 2.49. The second-order valence-corrected chi connectivity index (χ2v) is 5.63. The van der Waals surface area contributed by atoms with Crippen molar-refractivity contribution >= 4 is 17.8 Å². The molecule has 144 valence electrons. The van der Waals surface area contributed by atoms with Crippen molar-refractivity contribution in [1.82, 2.24) is 10.3 Å². The van der Waals surface area contributed by atoms with Gasteiger partial charge in [0.2, 0.25) is 11.7 Å². The minimum atomic E-state index is -0.367. The van der Waals surface area contributed by atoms with E-state index in [0.717, 1.165) is 11.3 Å². The van der Waals surface area contributed by atoms with E-state index in [1.165, 1.54) is 13.2 Å². The van der Waals surface area contributed by atoms with Crippen molar-refractivity contribution in [1.29, 1.82) is 0 Å². The van der Waals surface area contributed by atoms with Gasteiger partial charge in [0.1, 0.15) is 5.75 Å². The van der Waals surface area contributed by atoms with E-state index >= 15 is 0 Å². The zero-order valence-electron chi connectivity index (χ0n) is 15.6. The Labute approximate surface area is 161 Å². The summed E-state index contributed by atoms with van der Waals surface area (Å²) in [4.78, 5) is 12.2. The van der Waals surface area contributed by atoms with Gasteiger partial charge in [-0.25, -0.2) is 4.63 Å². The molecule has 8 nitrogen and oxygen atoms in total. The molecule has 0 unspecified atom stereocenters. The Morgan fingerprint density at radius 1 is 0.964 bits per heavy atom. The summed E-state index contributed by atoms with van der Waals surface area (Å²) >= 11 is 0. The van der Waals surface area contributed by atoms with Crippen LogP contribution in [-0.4, -0.2) is 37.5 Å². The lowest BCUT2D eigenvalue weighted by Gasteiger charge is -2.08. The molecule has 1 N–H and O–H groups in total. The predicted molar refractivity (Wildman–Crippen MR) is 103 cm³/mol. The first-order valence-electron chi connectivity index (χ1n) is 8.32. The smallest absolute Gasteiger partial charge is 0.249 e. The number of methoxy groups -OCH3 is 3. The van der Waals surface area contributed by atoms with Crippen LogP contribution in [0, 0.1) is 0 Å². The van der Waals surface area contributed by atoms with Crippen LogP contribution in [0.3, 0.4) is 0 Å². The van der Waals surface area contributed by atoms with Gasteiger partial charge in [-0.05, 0) is 52.3 Å². The third-order valence-corrected chi connectivity index (χ3v) is 3.93. The number of nitrogens with one attached hydrogen (secondary N) is 1. The van der Waals surface area contributed by atoms with Gasteiger partial charge in [-0.2, -0.15) is 0 Å². The molecule has 0 atom stereocenters. The Bertz CT molecular complexity index is 980. The molecule has 2 aromatic carbocycles. The molecule has 0 spiro atoms. The summed E-state index contributed by atoms with van der Waals surface area (Å²) in [5.74, 6) is 1.69. The molecular weight excluding hydrogens is 362 g/mol. The third kappa shape index (κ3) is 4.29. The van der Waals surface area contributed by atoms with Crippen molar-refractivity contribution in [2.45, 2.75) is 0 Å². The molecule has 1 aromatic heterocycles. The van der Waals surface area contributed by atoms with E-state index < -0.39 is 0 Å². The lowest BCUT2D eigenvalue weighted by Crippen LogP contribution is -2.09. The highest BCUT2D eigenvalue weighted by Crippen LogP contribution is 2.33. The summed E-state index contributed by atoms with van der Waals surface area (Å²) < 4.78 is 20.4. The second kappa shape index (κ2) is 8.72. The predicted octanol–water partition coefficient (Wildman–Crippen LogP) is 3.41. The lowest BCUT2D eigenvalue weighted by molar-refractivity contribution is -0.111. The average Bonchev–Trinajstić information content (AvgIpc) is 3.20. The summed E-state index contributed by atoms with van der Waals surface area (Å²) in [5.41, 5.74) is 1.90. The van der Waals surface area contributed by atoms with Gasteiger partial charge in [-0.3, -0.25) is 4.79 Å². The fourth-order valence-electron chi connectivity index (χ4n) is 2.49. The molecule has 0 radical (unpaired) electrons. The minimum absolute atomic E-state index is 0.205. The van der Waals surface area contributed by atoms with Gasteiger partial charge in [0.05, 0.1) is 21.3 Å². The maximum Gasteiger partial charge on any atom is 0.249 e. The summed E-state index contributed by atoms with van der Waals surface area (Å²) in [7, 11) is 4.69. The Hall–Kier alpha value is -3.81. The topological polar surface area (TPSA) is 95.7 Å². The largest absolute Gasteiger partial charge is 0.497 e. The van der Waals surface area contributed by atoms with Gasteiger partial charge >= 0.3 is 0 Å². The molecule has 3 aromatic rings. The Kier molecular flexibility index (Phi) is 5.91. The number of carbonyl (C=O) groups excluding carboxylic acids is 1. The van der Waals surface area contributed by atoms with E-state index in [0.29, 0.717) is 22.8 Å². The molecule has 0 saturated heterocycles. The Morgan fingerprint density at radius 2 is 1.71 bits per heavy atom. The number of hydrogen-bond donors (Lipinski definition) is 1. The molecule has 1 amide bonds. The van der Waals surface area contributed by atoms with Crippen LogP contribution in [0.4, 0.5) is 5.82 Å². The molecule has 0 bridgehead atoms. The molecule has 0 fully saturated rings. The van der Waals surface area contributed by atoms with Crippen molar-refractivity contribution in [2.75, 3.05) is 26.6 Å². The lowest BCUT2D eigenvalue weighted by atomic mass is 10.1. The number of aromatic nitrogens is 2. The maximum absolute atomic E-state index is 12.2. The number of amides is 1. The standard InChI is InChI=1S/C20H19N3O5/c1-25-15-8-4-13(5-9-15)6-11-18(24)21-20-19(22-28-23-20)14-7-10-16(26-2)17(12-14)27-3/h4-12H,1-3H3,(H,21,23,24). The summed E-state index contributed by atoms with van der Waals surface area (Å²) in [6.45, 7) is 0. The Balaban J connectivity index is 1.74.